The van der Waals surface area contributed by atoms with Gasteiger partial charge in [-0.1, -0.05) is 29.8 Å². The summed E-state index contributed by atoms with van der Waals surface area (Å²) < 4.78 is 20.9. The van der Waals surface area contributed by atoms with E-state index in [4.69, 9.17) is 22.1 Å². The maximum atomic E-state index is 14.2. The van der Waals surface area contributed by atoms with E-state index in [0.717, 1.165) is 6.07 Å². The zero-order chi connectivity index (χ0) is 21.7. The molecule has 0 fully saturated rings. The Morgan fingerprint density at radius 1 is 1.27 bits per heavy atom. The van der Waals surface area contributed by atoms with Gasteiger partial charge in [0.1, 0.15) is 17.6 Å². The van der Waals surface area contributed by atoms with Gasteiger partial charge in [0.25, 0.3) is 5.91 Å². The van der Waals surface area contributed by atoms with Gasteiger partial charge in [0, 0.05) is 24.2 Å². The Kier molecular flexibility index (Phi) is 6.81. The SMILES string of the molecule is CCn1ncc(Cl)c1-c1cc(F)cc(C(=O)NC[C@@H](N)C(=O)Oc2ccccc2)c1. The number of hydrogen-bond donors (Lipinski definition) is 2. The van der Waals surface area contributed by atoms with Crippen molar-refractivity contribution in [2.45, 2.75) is 19.5 Å². The fourth-order valence-corrected chi connectivity index (χ4v) is 3.07. The van der Waals surface area contributed by atoms with Crippen LogP contribution in [0.1, 0.15) is 17.3 Å². The summed E-state index contributed by atoms with van der Waals surface area (Å²) in [6.07, 6.45) is 1.46. The highest BCUT2D eigenvalue weighted by Crippen LogP contribution is 2.29. The lowest BCUT2D eigenvalue weighted by Gasteiger charge is -2.13. The molecule has 156 valence electrons. The Labute approximate surface area is 177 Å². The number of para-hydroxylation sites is 1. The molecular weight excluding hydrogens is 411 g/mol. The summed E-state index contributed by atoms with van der Waals surface area (Å²) in [5.41, 5.74) is 6.78. The molecule has 0 spiro atoms. The molecule has 0 unspecified atom stereocenters. The fraction of sp³-hybridized carbons (Fsp3) is 0.190. The first-order chi connectivity index (χ1) is 14.4. The summed E-state index contributed by atoms with van der Waals surface area (Å²) in [4.78, 5) is 24.6. The summed E-state index contributed by atoms with van der Waals surface area (Å²) in [5, 5.41) is 6.99. The molecule has 7 nitrogen and oxygen atoms in total. The second-order valence-electron chi connectivity index (χ2n) is 6.44. The van der Waals surface area contributed by atoms with Crippen LogP contribution in [0.3, 0.4) is 0 Å². The molecule has 0 aliphatic heterocycles. The number of nitrogens with one attached hydrogen (secondary N) is 1. The van der Waals surface area contributed by atoms with E-state index in [1.165, 1.54) is 18.3 Å². The van der Waals surface area contributed by atoms with Crippen molar-refractivity contribution in [1.82, 2.24) is 15.1 Å². The van der Waals surface area contributed by atoms with Crippen molar-refractivity contribution in [3.8, 4) is 17.0 Å². The molecule has 3 N–H and O–H groups in total. The van der Waals surface area contributed by atoms with Crippen LogP contribution in [0.25, 0.3) is 11.3 Å². The van der Waals surface area contributed by atoms with Gasteiger partial charge in [-0.15, -0.1) is 0 Å². The summed E-state index contributed by atoms with van der Waals surface area (Å²) in [6, 6.07) is 11.2. The van der Waals surface area contributed by atoms with Crippen LogP contribution in [0.2, 0.25) is 5.02 Å². The van der Waals surface area contributed by atoms with Crippen molar-refractivity contribution in [3.05, 3.63) is 71.1 Å². The van der Waals surface area contributed by atoms with Gasteiger partial charge in [-0.3, -0.25) is 9.48 Å². The molecule has 0 radical (unpaired) electrons. The highest BCUT2D eigenvalue weighted by atomic mass is 35.5. The number of hydrogen-bond acceptors (Lipinski definition) is 5. The number of benzene rings is 2. The van der Waals surface area contributed by atoms with E-state index >= 15 is 0 Å². The summed E-state index contributed by atoms with van der Waals surface area (Å²) >= 11 is 6.17. The largest absolute Gasteiger partial charge is 0.425 e. The van der Waals surface area contributed by atoms with Crippen LogP contribution >= 0.6 is 11.6 Å². The molecule has 30 heavy (non-hydrogen) atoms. The smallest absolute Gasteiger partial charge is 0.330 e. The number of aromatic nitrogens is 2. The number of rotatable bonds is 7. The van der Waals surface area contributed by atoms with Crippen molar-refractivity contribution in [3.63, 3.8) is 0 Å². The molecule has 1 amide bonds. The van der Waals surface area contributed by atoms with Crippen LogP contribution in [0.15, 0.2) is 54.7 Å². The van der Waals surface area contributed by atoms with E-state index < -0.39 is 23.7 Å². The van der Waals surface area contributed by atoms with Gasteiger partial charge >= 0.3 is 5.97 Å². The maximum absolute atomic E-state index is 14.2. The number of ether oxygens (including phenoxy) is 1. The number of nitrogens with two attached hydrogens (primary N) is 1. The zero-order valence-electron chi connectivity index (χ0n) is 16.1. The van der Waals surface area contributed by atoms with E-state index in [1.54, 1.807) is 35.0 Å². The molecule has 1 aromatic heterocycles. The molecule has 0 saturated carbocycles. The number of halogens is 2. The molecule has 0 bridgehead atoms. The molecule has 0 saturated heterocycles. The van der Waals surface area contributed by atoms with Crippen LogP contribution in [0.4, 0.5) is 4.39 Å². The highest BCUT2D eigenvalue weighted by Gasteiger charge is 2.19. The molecular formula is C21H20ClFN4O3. The normalized spacial score (nSPS) is 11.7. The standard InChI is InChI=1S/C21H20ClFN4O3/c1-2-27-19(17(22)11-26-27)13-8-14(10-15(23)9-13)20(28)25-12-18(24)21(29)30-16-6-4-3-5-7-16/h3-11,18H,2,12,24H2,1H3,(H,25,28)/t18-/m1/s1. The Bertz CT molecular complexity index is 1060. The number of carbonyl (C=O) groups is 2. The molecule has 1 atom stereocenters. The lowest BCUT2D eigenvalue weighted by atomic mass is 10.1. The average Bonchev–Trinajstić information content (AvgIpc) is 3.12. The third-order valence-electron chi connectivity index (χ3n) is 4.27. The molecule has 3 rings (SSSR count). The van der Waals surface area contributed by atoms with E-state index in [2.05, 4.69) is 10.4 Å². The van der Waals surface area contributed by atoms with Gasteiger partial charge in [-0.05, 0) is 37.3 Å². The van der Waals surface area contributed by atoms with Gasteiger partial charge in [0.2, 0.25) is 0 Å². The number of carbonyl (C=O) groups excluding carboxylic acids is 2. The molecule has 9 heteroatoms. The Morgan fingerprint density at radius 3 is 2.70 bits per heavy atom. The van der Waals surface area contributed by atoms with Crippen molar-refractivity contribution in [2.24, 2.45) is 5.73 Å². The molecule has 2 aromatic carbocycles. The van der Waals surface area contributed by atoms with Crippen molar-refractivity contribution in [2.75, 3.05) is 6.54 Å². The third-order valence-corrected chi connectivity index (χ3v) is 4.55. The average molecular weight is 431 g/mol. The minimum atomic E-state index is -1.09. The van der Waals surface area contributed by atoms with Crippen molar-refractivity contribution >= 4 is 23.5 Å². The van der Waals surface area contributed by atoms with Gasteiger partial charge in [0.15, 0.2) is 0 Å². The summed E-state index contributed by atoms with van der Waals surface area (Å²) in [7, 11) is 0. The zero-order valence-corrected chi connectivity index (χ0v) is 16.9. The van der Waals surface area contributed by atoms with Crippen LogP contribution < -0.4 is 15.8 Å². The van der Waals surface area contributed by atoms with Crippen LogP contribution in [0, 0.1) is 5.82 Å². The number of esters is 1. The lowest BCUT2D eigenvalue weighted by Crippen LogP contribution is -2.44. The van der Waals surface area contributed by atoms with Crippen molar-refractivity contribution in [1.29, 1.82) is 0 Å². The van der Waals surface area contributed by atoms with E-state index in [0.29, 0.717) is 28.6 Å². The Balaban J connectivity index is 1.69. The predicted octanol–water partition coefficient (Wildman–Crippen LogP) is 3.03. The molecule has 0 aliphatic carbocycles. The van der Waals surface area contributed by atoms with E-state index in [9.17, 15) is 14.0 Å². The summed E-state index contributed by atoms with van der Waals surface area (Å²) in [5.74, 6) is -1.54. The molecule has 0 aliphatic rings. The van der Waals surface area contributed by atoms with Gasteiger partial charge in [-0.2, -0.15) is 5.10 Å². The number of amides is 1. The number of aryl methyl sites for hydroxylation is 1. The molecule has 1 heterocycles. The van der Waals surface area contributed by atoms with E-state index in [-0.39, 0.29) is 12.1 Å². The van der Waals surface area contributed by atoms with Crippen LogP contribution in [-0.4, -0.2) is 34.2 Å². The Morgan fingerprint density at radius 2 is 2.00 bits per heavy atom. The highest BCUT2D eigenvalue weighted by molar-refractivity contribution is 6.33. The predicted molar refractivity (Wildman–Crippen MR) is 111 cm³/mol. The fourth-order valence-electron chi connectivity index (χ4n) is 2.82. The maximum Gasteiger partial charge on any atom is 0.330 e. The first kappa shape index (κ1) is 21.5. The minimum Gasteiger partial charge on any atom is -0.425 e. The summed E-state index contributed by atoms with van der Waals surface area (Å²) in [6.45, 7) is 2.22. The third kappa shape index (κ3) is 5.03. The lowest BCUT2D eigenvalue weighted by molar-refractivity contribution is -0.135. The monoisotopic (exact) mass is 430 g/mol. The van der Waals surface area contributed by atoms with Crippen LogP contribution in [-0.2, 0) is 11.3 Å². The van der Waals surface area contributed by atoms with Gasteiger partial charge in [0.05, 0.1) is 16.9 Å². The van der Waals surface area contributed by atoms with Gasteiger partial charge < -0.3 is 15.8 Å². The first-order valence-corrected chi connectivity index (χ1v) is 9.59. The Hall–Kier alpha value is -3.23. The quantitative estimate of drug-likeness (QED) is 0.443. The molecule has 3 aromatic rings. The second-order valence-corrected chi connectivity index (χ2v) is 6.84. The first-order valence-electron chi connectivity index (χ1n) is 9.21. The van der Waals surface area contributed by atoms with E-state index in [1.807, 2.05) is 6.92 Å². The van der Waals surface area contributed by atoms with Crippen LogP contribution in [0.5, 0.6) is 5.75 Å². The topological polar surface area (TPSA) is 99.2 Å². The second kappa shape index (κ2) is 9.51. The van der Waals surface area contributed by atoms with Crippen molar-refractivity contribution < 1.29 is 18.7 Å². The number of nitrogens with zero attached hydrogens (tertiary/aromatic N) is 2. The van der Waals surface area contributed by atoms with Gasteiger partial charge in [-0.25, -0.2) is 9.18 Å². The minimum absolute atomic E-state index is 0.0635.